The van der Waals surface area contributed by atoms with Gasteiger partial charge in [0.15, 0.2) is 0 Å². The quantitative estimate of drug-likeness (QED) is 0.823. The van der Waals surface area contributed by atoms with Gasteiger partial charge in [0.25, 0.3) is 5.91 Å². The molecule has 0 saturated carbocycles. The topological polar surface area (TPSA) is 59.8 Å². The second-order valence-corrected chi connectivity index (χ2v) is 3.38. The van der Waals surface area contributed by atoms with Crippen molar-refractivity contribution in [3.05, 3.63) is 48.0 Å². The summed E-state index contributed by atoms with van der Waals surface area (Å²) in [4.78, 5) is 15.6. The van der Waals surface area contributed by atoms with Crippen molar-refractivity contribution in [1.29, 1.82) is 0 Å². The highest BCUT2D eigenvalue weighted by atomic mass is 16.2. The monoisotopic (exact) mass is 216 g/mol. The summed E-state index contributed by atoms with van der Waals surface area (Å²) in [5, 5.41) is 6.75. The van der Waals surface area contributed by atoms with Crippen molar-refractivity contribution < 1.29 is 4.79 Å². The Labute approximate surface area is 93.1 Å². The smallest absolute Gasteiger partial charge is 0.269 e. The van der Waals surface area contributed by atoms with Gasteiger partial charge in [-0.3, -0.25) is 14.5 Å². The van der Waals surface area contributed by atoms with Gasteiger partial charge in [-0.1, -0.05) is 0 Å². The van der Waals surface area contributed by atoms with Crippen molar-refractivity contribution in [1.82, 2.24) is 20.1 Å². The highest BCUT2D eigenvalue weighted by Gasteiger charge is 2.08. The van der Waals surface area contributed by atoms with Gasteiger partial charge in [0, 0.05) is 32.2 Å². The summed E-state index contributed by atoms with van der Waals surface area (Å²) < 4.78 is 1.54. The van der Waals surface area contributed by atoms with E-state index in [1.54, 1.807) is 36.4 Å². The Morgan fingerprint density at radius 1 is 1.31 bits per heavy atom. The van der Waals surface area contributed by atoms with Crippen molar-refractivity contribution in [2.24, 2.45) is 7.05 Å². The average molecular weight is 216 g/mol. The van der Waals surface area contributed by atoms with Gasteiger partial charge in [-0.2, -0.15) is 5.10 Å². The third-order valence-electron chi connectivity index (χ3n) is 2.26. The molecule has 0 spiro atoms. The predicted molar refractivity (Wildman–Crippen MR) is 58.6 cm³/mol. The fraction of sp³-hybridized carbons (Fsp3) is 0.182. The number of amides is 1. The Morgan fingerprint density at radius 2 is 2.06 bits per heavy atom. The molecule has 5 nitrogen and oxygen atoms in total. The second kappa shape index (κ2) is 4.57. The number of carbonyl (C=O) groups is 1. The van der Waals surface area contributed by atoms with Crippen LogP contribution in [0.2, 0.25) is 0 Å². The molecule has 1 amide bonds. The first-order valence-electron chi connectivity index (χ1n) is 4.92. The van der Waals surface area contributed by atoms with Crippen molar-refractivity contribution in [2.45, 2.75) is 6.54 Å². The Bertz CT molecular complexity index is 478. The van der Waals surface area contributed by atoms with Crippen molar-refractivity contribution in [3.8, 4) is 0 Å². The molecule has 5 heteroatoms. The van der Waals surface area contributed by atoms with Gasteiger partial charge < -0.3 is 5.32 Å². The van der Waals surface area contributed by atoms with Gasteiger partial charge in [0.05, 0.1) is 0 Å². The van der Waals surface area contributed by atoms with Gasteiger partial charge >= 0.3 is 0 Å². The van der Waals surface area contributed by atoms with E-state index in [0.29, 0.717) is 12.2 Å². The van der Waals surface area contributed by atoms with Crippen molar-refractivity contribution >= 4 is 5.91 Å². The molecule has 2 aromatic heterocycles. The minimum atomic E-state index is -0.128. The Hall–Kier alpha value is -2.17. The summed E-state index contributed by atoms with van der Waals surface area (Å²) in [6.07, 6.45) is 5.00. The van der Waals surface area contributed by atoms with E-state index < -0.39 is 0 Å². The standard InChI is InChI=1S/C11H12N4O/c1-15-10(4-7-14-15)11(16)13-8-9-2-5-12-6-3-9/h2-7H,8H2,1H3,(H,13,16). The molecule has 2 heterocycles. The number of aromatic nitrogens is 3. The maximum atomic E-state index is 11.7. The molecule has 16 heavy (non-hydrogen) atoms. The first-order chi connectivity index (χ1) is 7.77. The first-order valence-corrected chi connectivity index (χ1v) is 4.92. The summed E-state index contributed by atoms with van der Waals surface area (Å²) in [6, 6.07) is 5.41. The highest BCUT2D eigenvalue weighted by Crippen LogP contribution is 1.99. The van der Waals surface area contributed by atoms with E-state index in [0.717, 1.165) is 5.56 Å². The van der Waals surface area contributed by atoms with E-state index >= 15 is 0 Å². The van der Waals surface area contributed by atoms with Crippen LogP contribution in [0, 0.1) is 0 Å². The van der Waals surface area contributed by atoms with Gasteiger partial charge in [-0.15, -0.1) is 0 Å². The summed E-state index contributed by atoms with van der Waals surface area (Å²) in [5.74, 6) is -0.128. The zero-order valence-corrected chi connectivity index (χ0v) is 8.92. The molecular formula is C11H12N4O. The molecule has 0 atom stereocenters. The molecule has 0 aliphatic carbocycles. The van der Waals surface area contributed by atoms with Crippen LogP contribution in [0.5, 0.6) is 0 Å². The number of hydrogen-bond acceptors (Lipinski definition) is 3. The number of nitrogens with one attached hydrogen (secondary N) is 1. The molecule has 82 valence electrons. The lowest BCUT2D eigenvalue weighted by molar-refractivity contribution is 0.0941. The van der Waals surface area contributed by atoms with Gasteiger partial charge in [0.1, 0.15) is 5.69 Å². The van der Waals surface area contributed by atoms with E-state index in [4.69, 9.17) is 0 Å². The normalized spacial score (nSPS) is 10.1. The number of hydrogen-bond donors (Lipinski definition) is 1. The van der Waals surface area contributed by atoms with Gasteiger partial charge in [-0.05, 0) is 23.8 Å². The largest absolute Gasteiger partial charge is 0.347 e. The number of aryl methyl sites for hydroxylation is 1. The summed E-state index contributed by atoms with van der Waals surface area (Å²) in [7, 11) is 1.74. The van der Waals surface area contributed by atoms with Crippen molar-refractivity contribution in [3.63, 3.8) is 0 Å². The maximum absolute atomic E-state index is 11.7. The molecule has 0 fully saturated rings. The third-order valence-corrected chi connectivity index (χ3v) is 2.26. The predicted octanol–water partition coefficient (Wildman–Crippen LogP) is 0.745. The van der Waals surface area contributed by atoms with Gasteiger partial charge in [0.2, 0.25) is 0 Å². The number of nitrogens with zero attached hydrogens (tertiary/aromatic N) is 3. The highest BCUT2D eigenvalue weighted by molar-refractivity contribution is 5.92. The van der Waals surface area contributed by atoms with E-state index in [-0.39, 0.29) is 5.91 Å². The molecule has 0 saturated heterocycles. The molecule has 2 aromatic rings. The van der Waals surface area contributed by atoms with Crippen LogP contribution in [0.3, 0.4) is 0 Å². The minimum absolute atomic E-state index is 0.128. The average Bonchev–Trinajstić information content (AvgIpc) is 2.74. The van der Waals surface area contributed by atoms with E-state index in [9.17, 15) is 4.79 Å². The third kappa shape index (κ3) is 2.25. The van der Waals surface area contributed by atoms with Crippen LogP contribution in [0.4, 0.5) is 0 Å². The van der Waals surface area contributed by atoms with Crippen LogP contribution < -0.4 is 5.32 Å². The lowest BCUT2D eigenvalue weighted by Crippen LogP contribution is -2.25. The van der Waals surface area contributed by atoms with Crippen LogP contribution in [-0.2, 0) is 13.6 Å². The Balaban J connectivity index is 1.97. The number of rotatable bonds is 3. The van der Waals surface area contributed by atoms with Gasteiger partial charge in [-0.25, -0.2) is 0 Å². The van der Waals surface area contributed by atoms with Crippen LogP contribution in [0.1, 0.15) is 16.1 Å². The summed E-state index contributed by atoms with van der Waals surface area (Å²) in [6.45, 7) is 0.493. The molecule has 1 N–H and O–H groups in total. The van der Waals surface area contributed by atoms with Crippen LogP contribution in [0.25, 0.3) is 0 Å². The number of carbonyl (C=O) groups excluding carboxylic acids is 1. The second-order valence-electron chi connectivity index (χ2n) is 3.38. The van der Waals surface area contributed by atoms with Crippen molar-refractivity contribution in [2.75, 3.05) is 0 Å². The first kappa shape index (κ1) is 10.4. The zero-order valence-electron chi connectivity index (χ0n) is 8.92. The zero-order chi connectivity index (χ0) is 11.4. The molecule has 2 rings (SSSR count). The van der Waals surface area contributed by atoms with Crippen LogP contribution in [0.15, 0.2) is 36.8 Å². The Kier molecular flexibility index (Phi) is 2.95. The fourth-order valence-electron chi connectivity index (χ4n) is 1.37. The Morgan fingerprint density at radius 3 is 2.69 bits per heavy atom. The molecule has 0 radical (unpaired) electrons. The summed E-state index contributed by atoms with van der Waals surface area (Å²) >= 11 is 0. The SMILES string of the molecule is Cn1nccc1C(=O)NCc1ccncc1. The molecule has 0 unspecified atom stereocenters. The van der Waals surface area contributed by atoms with Crippen LogP contribution >= 0.6 is 0 Å². The van der Waals surface area contributed by atoms with E-state index in [1.165, 1.54) is 0 Å². The molecule has 0 aromatic carbocycles. The van der Waals surface area contributed by atoms with Crippen LogP contribution in [-0.4, -0.2) is 20.7 Å². The van der Waals surface area contributed by atoms with E-state index in [1.807, 2.05) is 12.1 Å². The molecule has 0 bridgehead atoms. The minimum Gasteiger partial charge on any atom is -0.347 e. The number of pyridine rings is 1. The van der Waals surface area contributed by atoms with E-state index in [2.05, 4.69) is 15.4 Å². The lowest BCUT2D eigenvalue weighted by atomic mass is 10.2. The molecule has 0 aliphatic heterocycles. The lowest BCUT2D eigenvalue weighted by Gasteiger charge is -2.04. The maximum Gasteiger partial charge on any atom is 0.269 e. The molecular weight excluding hydrogens is 204 g/mol. The molecule has 0 aliphatic rings. The summed E-state index contributed by atoms with van der Waals surface area (Å²) in [5.41, 5.74) is 1.57. The fourth-order valence-corrected chi connectivity index (χ4v) is 1.37.